The van der Waals surface area contributed by atoms with Crippen molar-refractivity contribution in [3.63, 3.8) is 0 Å². The van der Waals surface area contributed by atoms with Crippen LogP contribution < -0.4 is 4.74 Å². The number of Topliss-reactive ketones (excluding diaryl/α,β-unsaturated/α-hetero) is 1. The number of methoxy groups -OCH3 is 1. The van der Waals surface area contributed by atoms with Crippen LogP contribution >= 0.6 is 0 Å². The number of ketones is 1. The third kappa shape index (κ3) is 5.42. The van der Waals surface area contributed by atoms with Gasteiger partial charge >= 0.3 is 0 Å². The Bertz CT molecular complexity index is 620. The lowest BCUT2D eigenvalue weighted by molar-refractivity contribution is 0.101. The largest absolute Gasteiger partial charge is 0.496 e. The van der Waals surface area contributed by atoms with Gasteiger partial charge in [0.25, 0.3) is 0 Å². The molecule has 0 aliphatic heterocycles. The topological polar surface area (TPSA) is 77.5 Å². The molecule has 0 radical (unpaired) electrons. The number of carbonyl (C=O) groups excluding carboxylic acids is 1. The normalized spacial score (nSPS) is 12.9. The molecule has 0 saturated carbocycles. The molecule has 1 atom stereocenters. The summed E-state index contributed by atoms with van der Waals surface area (Å²) in [5, 5.41) is 0. The highest BCUT2D eigenvalue weighted by atomic mass is 32.2. The summed E-state index contributed by atoms with van der Waals surface area (Å²) in [5.74, 6) is 0.582. The summed E-state index contributed by atoms with van der Waals surface area (Å²) < 4.78 is 39.2. The number of rotatable bonds is 7. The van der Waals surface area contributed by atoms with E-state index in [0.717, 1.165) is 6.26 Å². The van der Waals surface area contributed by atoms with Crippen LogP contribution in [-0.2, 0) is 26.4 Å². The molecule has 112 valence electrons. The third-order valence-electron chi connectivity index (χ3n) is 2.69. The van der Waals surface area contributed by atoms with Gasteiger partial charge in [-0.3, -0.25) is 9.00 Å². The Balaban J connectivity index is 2.87. The van der Waals surface area contributed by atoms with E-state index in [-0.39, 0.29) is 23.0 Å². The van der Waals surface area contributed by atoms with E-state index >= 15 is 0 Å². The van der Waals surface area contributed by atoms with E-state index in [4.69, 9.17) is 4.74 Å². The Labute approximate surface area is 121 Å². The molecule has 1 aromatic carbocycles. The van der Waals surface area contributed by atoms with Crippen LogP contribution in [-0.4, -0.2) is 43.3 Å². The molecule has 0 fully saturated rings. The molecule has 0 aliphatic carbocycles. The summed E-state index contributed by atoms with van der Waals surface area (Å²) in [5.41, 5.74) is 1.16. The predicted molar refractivity (Wildman–Crippen MR) is 79.4 cm³/mol. The van der Waals surface area contributed by atoms with Crippen LogP contribution in [0.2, 0.25) is 0 Å². The smallest absolute Gasteiger partial charge is 0.159 e. The minimum absolute atomic E-state index is 0.0757. The lowest BCUT2D eigenvalue weighted by Gasteiger charge is -2.09. The van der Waals surface area contributed by atoms with Gasteiger partial charge in [0.05, 0.1) is 18.6 Å². The second-order valence-electron chi connectivity index (χ2n) is 4.50. The van der Waals surface area contributed by atoms with E-state index in [9.17, 15) is 17.4 Å². The van der Waals surface area contributed by atoms with Gasteiger partial charge in [0, 0.05) is 33.9 Å². The standard InChI is InChI=1S/C13H18O5S2/c1-10(14)11-4-5-13(18-2)12(8-11)9-19(15)6-7-20(3,16)17/h4-5,8H,6-7,9H2,1-3H3. The SMILES string of the molecule is COc1ccc(C(C)=O)cc1CS(=O)CCS(C)(=O)=O. The van der Waals surface area contributed by atoms with E-state index in [1.54, 1.807) is 18.2 Å². The molecule has 0 amide bonds. The summed E-state index contributed by atoms with van der Waals surface area (Å²) in [7, 11) is -2.96. The van der Waals surface area contributed by atoms with E-state index in [1.807, 2.05) is 0 Å². The van der Waals surface area contributed by atoms with E-state index in [0.29, 0.717) is 16.9 Å². The molecule has 1 aromatic rings. The third-order valence-corrected chi connectivity index (χ3v) is 5.18. The predicted octanol–water partition coefficient (Wildman–Crippen LogP) is 1.19. The zero-order valence-electron chi connectivity index (χ0n) is 11.7. The molecule has 1 unspecified atom stereocenters. The Morgan fingerprint density at radius 3 is 2.50 bits per heavy atom. The highest BCUT2D eigenvalue weighted by Gasteiger charge is 2.12. The Morgan fingerprint density at radius 2 is 2.00 bits per heavy atom. The summed E-state index contributed by atoms with van der Waals surface area (Å²) in [6.07, 6.45) is 1.11. The molecule has 0 aromatic heterocycles. The molecule has 1 rings (SSSR count). The molecular formula is C13H18O5S2. The van der Waals surface area contributed by atoms with Gasteiger partial charge in [-0.15, -0.1) is 0 Å². The molecule has 20 heavy (non-hydrogen) atoms. The van der Waals surface area contributed by atoms with Crippen molar-refractivity contribution in [1.82, 2.24) is 0 Å². The maximum absolute atomic E-state index is 11.9. The average molecular weight is 318 g/mol. The van der Waals surface area contributed by atoms with Gasteiger partial charge in [-0.05, 0) is 25.1 Å². The molecule has 0 bridgehead atoms. The van der Waals surface area contributed by atoms with Crippen molar-refractivity contribution >= 4 is 26.4 Å². The molecule has 7 heteroatoms. The van der Waals surface area contributed by atoms with Crippen LogP contribution in [0.1, 0.15) is 22.8 Å². The zero-order chi connectivity index (χ0) is 15.3. The van der Waals surface area contributed by atoms with Crippen LogP contribution in [0.25, 0.3) is 0 Å². The Kier molecular flexibility index (Phi) is 5.88. The van der Waals surface area contributed by atoms with Crippen molar-refractivity contribution in [2.45, 2.75) is 12.7 Å². The van der Waals surface area contributed by atoms with Crippen LogP contribution in [0.5, 0.6) is 5.75 Å². The van der Waals surface area contributed by atoms with Gasteiger partial charge < -0.3 is 4.74 Å². The van der Waals surface area contributed by atoms with Crippen LogP contribution in [0.4, 0.5) is 0 Å². The number of ether oxygens (including phenoxy) is 1. The number of carbonyl (C=O) groups is 1. The molecule has 0 aliphatic rings. The van der Waals surface area contributed by atoms with E-state index in [1.165, 1.54) is 14.0 Å². The van der Waals surface area contributed by atoms with Crippen LogP contribution in [0, 0.1) is 0 Å². The van der Waals surface area contributed by atoms with Crippen molar-refractivity contribution in [3.8, 4) is 5.75 Å². The number of hydrogen-bond acceptors (Lipinski definition) is 5. The summed E-state index contributed by atoms with van der Waals surface area (Å²) >= 11 is 0. The summed E-state index contributed by atoms with van der Waals surface area (Å²) in [6, 6.07) is 4.93. The van der Waals surface area contributed by atoms with Crippen molar-refractivity contribution in [2.24, 2.45) is 0 Å². The first-order chi connectivity index (χ1) is 9.23. The van der Waals surface area contributed by atoms with Crippen molar-refractivity contribution in [1.29, 1.82) is 0 Å². The second kappa shape index (κ2) is 6.99. The quantitative estimate of drug-likeness (QED) is 0.706. The van der Waals surface area contributed by atoms with Crippen LogP contribution in [0.3, 0.4) is 0 Å². The van der Waals surface area contributed by atoms with Gasteiger partial charge in [0.2, 0.25) is 0 Å². The van der Waals surface area contributed by atoms with Gasteiger partial charge in [0.1, 0.15) is 15.6 Å². The number of benzene rings is 1. The summed E-state index contributed by atoms with van der Waals surface area (Å²) in [6.45, 7) is 1.45. The average Bonchev–Trinajstić information content (AvgIpc) is 2.35. The second-order valence-corrected chi connectivity index (χ2v) is 8.34. The number of sulfone groups is 1. The molecule has 0 heterocycles. The van der Waals surface area contributed by atoms with E-state index in [2.05, 4.69) is 0 Å². The van der Waals surface area contributed by atoms with Crippen molar-refractivity contribution in [3.05, 3.63) is 29.3 Å². The minimum atomic E-state index is -3.13. The maximum atomic E-state index is 11.9. The van der Waals surface area contributed by atoms with Gasteiger partial charge in [-0.1, -0.05) is 0 Å². The molecule has 0 saturated heterocycles. The fourth-order valence-corrected chi connectivity index (χ4v) is 4.27. The van der Waals surface area contributed by atoms with Crippen molar-refractivity contribution in [2.75, 3.05) is 24.9 Å². The Morgan fingerprint density at radius 1 is 1.35 bits per heavy atom. The summed E-state index contributed by atoms with van der Waals surface area (Å²) in [4.78, 5) is 11.3. The van der Waals surface area contributed by atoms with Gasteiger partial charge in [-0.2, -0.15) is 0 Å². The first-order valence-electron chi connectivity index (χ1n) is 5.93. The van der Waals surface area contributed by atoms with Gasteiger partial charge in [-0.25, -0.2) is 8.42 Å². The Hall–Kier alpha value is -1.21. The fourth-order valence-electron chi connectivity index (χ4n) is 1.60. The van der Waals surface area contributed by atoms with Crippen LogP contribution in [0.15, 0.2) is 18.2 Å². The minimum Gasteiger partial charge on any atom is -0.496 e. The fraction of sp³-hybridized carbons (Fsp3) is 0.462. The van der Waals surface area contributed by atoms with Crippen molar-refractivity contribution < 1.29 is 22.2 Å². The molecule has 0 spiro atoms. The number of hydrogen-bond donors (Lipinski definition) is 0. The van der Waals surface area contributed by atoms with E-state index < -0.39 is 20.6 Å². The first kappa shape index (κ1) is 16.8. The molecule has 0 N–H and O–H groups in total. The molecular weight excluding hydrogens is 300 g/mol. The monoisotopic (exact) mass is 318 g/mol. The lowest BCUT2D eigenvalue weighted by Crippen LogP contribution is -2.13. The highest BCUT2D eigenvalue weighted by molar-refractivity contribution is 7.92. The molecule has 5 nitrogen and oxygen atoms in total. The lowest BCUT2D eigenvalue weighted by atomic mass is 10.1. The zero-order valence-corrected chi connectivity index (χ0v) is 13.3. The van der Waals surface area contributed by atoms with Gasteiger partial charge in [0.15, 0.2) is 5.78 Å². The maximum Gasteiger partial charge on any atom is 0.159 e. The first-order valence-corrected chi connectivity index (χ1v) is 9.48. The highest BCUT2D eigenvalue weighted by Crippen LogP contribution is 2.22.